The topological polar surface area (TPSA) is 21.1 Å². The van der Waals surface area contributed by atoms with E-state index in [1.165, 1.54) is 6.07 Å². The van der Waals surface area contributed by atoms with Crippen molar-refractivity contribution in [2.45, 2.75) is 0 Å². The van der Waals surface area contributed by atoms with Crippen molar-refractivity contribution in [3.63, 3.8) is 0 Å². The van der Waals surface area contributed by atoms with E-state index >= 15 is 0 Å². The molecule has 0 aliphatic rings. The van der Waals surface area contributed by atoms with Crippen molar-refractivity contribution in [3.05, 3.63) is 41.4 Å². The molecule has 2 rings (SSSR count). The van der Waals surface area contributed by atoms with Gasteiger partial charge in [-0.2, -0.15) is 5.10 Å². The molecular weight excluding hydrogens is 229 g/mol. The van der Waals surface area contributed by atoms with E-state index in [9.17, 15) is 4.39 Å². The summed E-state index contributed by atoms with van der Waals surface area (Å²) in [5.74, 6) is -0.421. The van der Waals surface area contributed by atoms with Crippen molar-refractivity contribution in [1.82, 2.24) is 9.78 Å². The Morgan fingerprint density at radius 1 is 1.38 bits per heavy atom. The molecule has 1 aromatic carbocycles. The van der Waals surface area contributed by atoms with Gasteiger partial charge < -0.3 is 4.90 Å². The molecule has 0 atom stereocenters. The number of aryl methyl sites for hydroxylation is 1. The normalized spacial score (nSPS) is 10.5. The maximum atomic E-state index is 13.3. The zero-order valence-electron chi connectivity index (χ0n) is 8.98. The van der Waals surface area contributed by atoms with Crippen LogP contribution < -0.4 is 4.90 Å². The average molecular weight is 240 g/mol. The molecule has 1 aromatic heterocycles. The first-order valence-corrected chi connectivity index (χ1v) is 5.13. The van der Waals surface area contributed by atoms with Gasteiger partial charge in [0, 0.05) is 26.0 Å². The molecule has 84 valence electrons. The van der Waals surface area contributed by atoms with Crippen molar-refractivity contribution in [3.8, 4) is 0 Å². The second kappa shape index (κ2) is 4.14. The fourth-order valence-corrected chi connectivity index (χ4v) is 1.54. The Labute approximate surface area is 98.1 Å². The summed E-state index contributed by atoms with van der Waals surface area (Å²) in [6, 6.07) is 4.70. The van der Waals surface area contributed by atoms with Crippen LogP contribution in [0.25, 0.3) is 0 Å². The summed E-state index contributed by atoms with van der Waals surface area (Å²) in [7, 11) is 3.68. The number of hydrogen-bond acceptors (Lipinski definition) is 2. The summed E-state index contributed by atoms with van der Waals surface area (Å²) in [6.45, 7) is 0. The van der Waals surface area contributed by atoms with Gasteiger partial charge in [-0.25, -0.2) is 4.39 Å². The second-order valence-electron chi connectivity index (χ2n) is 3.53. The highest BCUT2D eigenvalue weighted by atomic mass is 35.5. The van der Waals surface area contributed by atoms with Crippen LogP contribution in [-0.2, 0) is 7.05 Å². The van der Waals surface area contributed by atoms with Crippen molar-refractivity contribution in [2.75, 3.05) is 11.9 Å². The Morgan fingerprint density at radius 3 is 2.69 bits per heavy atom. The van der Waals surface area contributed by atoms with Gasteiger partial charge in [-0.3, -0.25) is 4.68 Å². The quantitative estimate of drug-likeness (QED) is 0.803. The Morgan fingerprint density at radius 2 is 2.12 bits per heavy atom. The summed E-state index contributed by atoms with van der Waals surface area (Å²) < 4.78 is 15.0. The third-order valence-corrected chi connectivity index (χ3v) is 2.68. The number of rotatable bonds is 2. The highest BCUT2D eigenvalue weighted by Crippen LogP contribution is 2.26. The maximum absolute atomic E-state index is 13.3. The smallest absolute Gasteiger partial charge is 0.143 e. The highest BCUT2D eigenvalue weighted by Gasteiger charge is 2.08. The van der Waals surface area contributed by atoms with E-state index in [4.69, 9.17) is 11.6 Å². The lowest BCUT2D eigenvalue weighted by Crippen LogP contribution is -2.08. The van der Waals surface area contributed by atoms with Crippen LogP contribution in [0.3, 0.4) is 0 Å². The molecule has 0 aliphatic carbocycles. The van der Waals surface area contributed by atoms with Crippen LogP contribution in [0, 0.1) is 5.82 Å². The number of halogens is 2. The number of anilines is 2. The predicted octanol–water partition coefficient (Wildman–Crippen LogP) is 2.98. The molecule has 1 heterocycles. The van der Waals surface area contributed by atoms with Crippen LogP contribution in [0.2, 0.25) is 5.02 Å². The Hall–Kier alpha value is -1.55. The molecule has 16 heavy (non-hydrogen) atoms. The molecular formula is C11H11ClFN3. The van der Waals surface area contributed by atoms with Gasteiger partial charge in [0.2, 0.25) is 0 Å². The average Bonchev–Trinajstić information content (AvgIpc) is 2.68. The molecule has 2 aromatic rings. The third kappa shape index (κ3) is 2.02. The maximum Gasteiger partial charge on any atom is 0.143 e. The largest absolute Gasteiger partial charge is 0.342 e. The summed E-state index contributed by atoms with van der Waals surface area (Å²) >= 11 is 5.63. The molecule has 0 aliphatic heterocycles. The number of aromatic nitrogens is 2. The van der Waals surface area contributed by atoms with E-state index in [1.807, 2.05) is 25.2 Å². The van der Waals surface area contributed by atoms with Gasteiger partial charge in [0.25, 0.3) is 0 Å². The monoisotopic (exact) mass is 239 g/mol. The van der Waals surface area contributed by atoms with Crippen LogP contribution in [0.15, 0.2) is 30.6 Å². The minimum atomic E-state index is -0.421. The molecule has 0 fully saturated rings. The van der Waals surface area contributed by atoms with Crippen LogP contribution in [0.1, 0.15) is 0 Å². The van der Waals surface area contributed by atoms with Crippen LogP contribution in [0.4, 0.5) is 15.8 Å². The van der Waals surface area contributed by atoms with E-state index in [-0.39, 0.29) is 5.02 Å². The summed E-state index contributed by atoms with van der Waals surface area (Å²) in [5.41, 5.74) is 1.62. The van der Waals surface area contributed by atoms with Crippen molar-refractivity contribution >= 4 is 23.0 Å². The molecule has 0 radical (unpaired) electrons. The fourth-order valence-electron chi connectivity index (χ4n) is 1.42. The summed E-state index contributed by atoms with van der Waals surface area (Å²) in [5, 5.41) is 4.19. The second-order valence-corrected chi connectivity index (χ2v) is 3.94. The van der Waals surface area contributed by atoms with Crippen molar-refractivity contribution in [2.24, 2.45) is 7.05 Å². The zero-order chi connectivity index (χ0) is 11.7. The van der Waals surface area contributed by atoms with Crippen LogP contribution in [-0.4, -0.2) is 16.8 Å². The van der Waals surface area contributed by atoms with E-state index in [2.05, 4.69) is 5.10 Å². The molecule has 0 saturated heterocycles. The minimum absolute atomic E-state index is 0.128. The van der Waals surface area contributed by atoms with Gasteiger partial charge >= 0.3 is 0 Å². The summed E-state index contributed by atoms with van der Waals surface area (Å²) in [4.78, 5) is 1.84. The van der Waals surface area contributed by atoms with Gasteiger partial charge in [0.15, 0.2) is 0 Å². The number of nitrogens with zero attached hydrogens (tertiary/aromatic N) is 3. The van der Waals surface area contributed by atoms with E-state index in [0.717, 1.165) is 11.4 Å². The first kappa shape index (κ1) is 11.0. The van der Waals surface area contributed by atoms with Crippen LogP contribution in [0.5, 0.6) is 0 Å². The van der Waals surface area contributed by atoms with Gasteiger partial charge in [-0.15, -0.1) is 0 Å². The summed E-state index contributed by atoms with van der Waals surface area (Å²) in [6.07, 6.45) is 3.57. The Bertz CT molecular complexity index is 510. The molecule has 0 N–H and O–H groups in total. The standard InChI is InChI=1S/C11H11ClFN3/c1-15-7-9(6-14-15)16(2)8-3-4-10(12)11(13)5-8/h3-7H,1-2H3. The van der Waals surface area contributed by atoms with E-state index in [0.29, 0.717) is 0 Å². The molecule has 0 unspecified atom stereocenters. The third-order valence-electron chi connectivity index (χ3n) is 2.37. The van der Waals surface area contributed by atoms with Gasteiger partial charge in [-0.1, -0.05) is 11.6 Å². The molecule has 0 spiro atoms. The molecule has 5 heteroatoms. The highest BCUT2D eigenvalue weighted by molar-refractivity contribution is 6.30. The minimum Gasteiger partial charge on any atom is -0.342 e. The van der Waals surface area contributed by atoms with E-state index < -0.39 is 5.82 Å². The zero-order valence-corrected chi connectivity index (χ0v) is 9.74. The van der Waals surface area contributed by atoms with Crippen molar-refractivity contribution < 1.29 is 4.39 Å². The Balaban J connectivity index is 2.33. The number of hydrogen-bond donors (Lipinski definition) is 0. The molecule has 0 amide bonds. The van der Waals surface area contributed by atoms with Gasteiger partial charge in [0.05, 0.1) is 16.9 Å². The van der Waals surface area contributed by atoms with Gasteiger partial charge in [-0.05, 0) is 18.2 Å². The van der Waals surface area contributed by atoms with Crippen LogP contribution >= 0.6 is 11.6 Å². The molecule has 0 saturated carbocycles. The fraction of sp³-hybridized carbons (Fsp3) is 0.182. The number of benzene rings is 1. The lowest BCUT2D eigenvalue weighted by Gasteiger charge is -2.17. The molecule has 0 bridgehead atoms. The Kier molecular flexibility index (Phi) is 2.83. The van der Waals surface area contributed by atoms with Gasteiger partial charge in [0.1, 0.15) is 5.82 Å². The lowest BCUT2D eigenvalue weighted by molar-refractivity contribution is 0.628. The van der Waals surface area contributed by atoms with Crippen molar-refractivity contribution in [1.29, 1.82) is 0 Å². The first-order chi connectivity index (χ1) is 7.58. The SMILES string of the molecule is CN(c1ccc(Cl)c(F)c1)c1cnn(C)c1. The predicted molar refractivity (Wildman–Crippen MR) is 62.7 cm³/mol. The first-order valence-electron chi connectivity index (χ1n) is 4.75. The molecule has 3 nitrogen and oxygen atoms in total. The van der Waals surface area contributed by atoms with E-state index in [1.54, 1.807) is 23.0 Å². The lowest BCUT2D eigenvalue weighted by atomic mass is 10.3.